The van der Waals surface area contributed by atoms with Crippen molar-refractivity contribution in [1.82, 2.24) is 4.98 Å². The molecule has 0 atom stereocenters. The van der Waals surface area contributed by atoms with E-state index in [0.717, 1.165) is 23.3 Å². The molecule has 2 nitrogen and oxygen atoms in total. The Morgan fingerprint density at radius 1 is 1.41 bits per heavy atom. The van der Waals surface area contributed by atoms with E-state index in [1.165, 1.54) is 16.0 Å². The van der Waals surface area contributed by atoms with Crippen LogP contribution in [0.3, 0.4) is 0 Å². The fourth-order valence-corrected chi connectivity index (χ4v) is 2.96. The van der Waals surface area contributed by atoms with Crippen molar-refractivity contribution >= 4 is 33.1 Å². The van der Waals surface area contributed by atoms with Crippen molar-refractivity contribution < 1.29 is 0 Å². The summed E-state index contributed by atoms with van der Waals surface area (Å²) in [5.74, 6) is 0.917. The number of aromatic nitrogens is 1. The summed E-state index contributed by atoms with van der Waals surface area (Å²) in [7, 11) is 0. The van der Waals surface area contributed by atoms with E-state index in [1.807, 2.05) is 12.3 Å². The highest BCUT2D eigenvalue weighted by atomic mass is 79.9. The van der Waals surface area contributed by atoms with E-state index in [1.54, 1.807) is 11.3 Å². The van der Waals surface area contributed by atoms with E-state index < -0.39 is 0 Å². The highest BCUT2D eigenvalue weighted by molar-refractivity contribution is 9.10. The molecule has 2 rings (SSSR count). The summed E-state index contributed by atoms with van der Waals surface area (Å²) >= 11 is 5.36. The van der Waals surface area contributed by atoms with Gasteiger partial charge < -0.3 is 5.32 Å². The topological polar surface area (TPSA) is 24.9 Å². The highest BCUT2D eigenvalue weighted by Gasteiger charge is 2.06. The van der Waals surface area contributed by atoms with Crippen LogP contribution in [0.5, 0.6) is 0 Å². The van der Waals surface area contributed by atoms with E-state index in [-0.39, 0.29) is 0 Å². The number of hydrogen-bond acceptors (Lipinski definition) is 3. The predicted octanol–water partition coefficient (Wildman–Crippen LogP) is 4.39. The quantitative estimate of drug-likeness (QED) is 0.906. The normalized spacial score (nSPS) is 10.5. The van der Waals surface area contributed by atoms with Crippen LogP contribution in [0.25, 0.3) is 0 Å². The Labute approximate surface area is 114 Å². The number of nitrogens with zero attached hydrogens (tertiary/aromatic N) is 1. The van der Waals surface area contributed by atoms with Gasteiger partial charge in [-0.3, -0.25) is 0 Å². The molecule has 0 saturated carbocycles. The van der Waals surface area contributed by atoms with Crippen molar-refractivity contribution in [2.75, 3.05) is 5.32 Å². The zero-order chi connectivity index (χ0) is 12.3. The molecule has 4 heteroatoms. The average Bonchev–Trinajstić information content (AvgIpc) is 2.78. The second kappa shape index (κ2) is 5.65. The third-order valence-corrected chi connectivity index (χ3v) is 4.68. The monoisotopic (exact) mass is 310 g/mol. The smallest absolute Gasteiger partial charge is 0.140 e. The van der Waals surface area contributed by atoms with Crippen LogP contribution in [-0.2, 0) is 13.0 Å². The van der Waals surface area contributed by atoms with Gasteiger partial charge in [0, 0.05) is 11.1 Å². The van der Waals surface area contributed by atoms with E-state index in [4.69, 9.17) is 0 Å². The summed E-state index contributed by atoms with van der Waals surface area (Å²) in [6, 6.07) is 4.19. The fourth-order valence-electron chi connectivity index (χ4n) is 1.66. The molecule has 0 unspecified atom stereocenters. The number of rotatable bonds is 4. The largest absolute Gasteiger partial charge is 0.364 e. The van der Waals surface area contributed by atoms with E-state index in [2.05, 4.69) is 51.5 Å². The zero-order valence-corrected chi connectivity index (χ0v) is 12.4. The summed E-state index contributed by atoms with van der Waals surface area (Å²) in [5.41, 5.74) is 2.62. The van der Waals surface area contributed by atoms with Crippen molar-refractivity contribution in [3.05, 3.63) is 44.2 Å². The first-order valence-electron chi connectivity index (χ1n) is 5.62. The molecule has 0 aliphatic rings. The van der Waals surface area contributed by atoms with E-state index in [0.29, 0.717) is 0 Å². The third-order valence-electron chi connectivity index (χ3n) is 2.72. The number of halogens is 1. The number of nitrogens with one attached hydrogen (secondary N) is 1. The van der Waals surface area contributed by atoms with Crippen LogP contribution in [0.2, 0.25) is 0 Å². The minimum absolute atomic E-state index is 0.843. The Hall–Kier alpha value is -0.870. The Bertz CT molecular complexity index is 508. The maximum atomic E-state index is 4.34. The van der Waals surface area contributed by atoms with Gasteiger partial charge >= 0.3 is 0 Å². The van der Waals surface area contributed by atoms with Gasteiger partial charge in [-0.2, -0.15) is 0 Å². The Morgan fingerprint density at radius 2 is 2.24 bits per heavy atom. The van der Waals surface area contributed by atoms with Gasteiger partial charge in [0.2, 0.25) is 0 Å². The van der Waals surface area contributed by atoms with Crippen LogP contribution < -0.4 is 5.32 Å². The molecule has 0 fully saturated rings. The van der Waals surface area contributed by atoms with Crippen LogP contribution in [0.4, 0.5) is 5.82 Å². The molecule has 2 heterocycles. The van der Waals surface area contributed by atoms with Crippen molar-refractivity contribution in [3.63, 3.8) is 0 Å². The van der Waals surface area contributed by atoms with E-state index >= 15 is 0 Å². The summed E-state index contributed by atoms with van der Waals surface area (Å²) < 4.78 is 1.05. The molecule has 2 aromatic heterocycles. The lowest BCUT2D eigenvalue weighted by Crippen LogP contribution is -2.02. The van der Waals surface area contributed by atoms with Crippen molar-refractivity contribution in [3.8, 4) is 0 Å². The SMILES string of the molecule is CCc1ccsc1CNc1nccc(C)c1Br. The Morgan fingerprint density at radius 3 is 3.00 bits per heavy atom. The molecule has 17 heavy (non-hydrogen) atoms. The van der Waals surface area contributed by atoms with Crippen molar-refractivity contribution in [2.24, 2.45) is 0 Å². The summed E-state index contributed by atoms with van der Waals surface area (Å²) in [6.45, 7) is 5.10. The van der Waals surface area contributed by atoms with Gasteiger partial charge in [0.25, 0.3) is 0 Å². The molecule has 0 spiro atoms. The van der Waals surface area contributed by atoms with Gasteiger partial charge in [0.1, 0.15) is 5.82 Å². The zero-order valence-electron chi connectivity index (χ0n) is 9.96. The van der Waals surface area contributed by atoms with Gasteiger partial charge in [-0.1, -0.05) is 6.92 Å². The minimum atomic E-state index is 0.843. The number of anilines is 1. The second-order valence-corrected chi connectivity index (χ2v) is 5.66. The lowest BCUT2D eigenvalue weighted by atomic mass is 10.2. The summed E-state index contributed by atoms with van der Waals surface area (Å²) in [6.07, 6.45) is 2.92. The third kappa shape index (κ3) is 2.87. The fraction of sp³-hybridized carbons (Fsp3) is 0.308. The standard InChI is InChI=1S/C13H15BrN2S/c1-3-10-5-7-17-11(10)8-16-13-12(14)9(2)4-6-15-13/h4-7H,3,8H2,1-2H3,(H,15,16). The molecule has 0 aromatic carbocycles. The molecule has 0 saturated heterocycles. The van der Waals surface area contributed by atoms with Gasteiger partial charge in [0.05, 0.1) is 11.0 Å². The first kappa shape index (κ1) is 12.6. The van der Waals surface area contributed by atoms with Crippen LogP contribution in [0.1, 0.15) is 22.9 Å². The van der Waals surface area contributed by atoms with Gasteiger partial charge in [0.15, 0.2) is 0 Å². The molecule has 0 radical (unpaired) electrons. The maximum absolute atomic E-state index is 4.34. The molecule has 0 amide bonds. The Kier molecular flexibility index (Phi) is 4.18. The lowest BCUT2D eigenvalue weighted by Gasteiger charge is -2.09. The first-order valence-corrected chi connectivity index (χ1v) is 7.30. The molecular formula is C13H15BrN2S. The van der Waals surface area contributed by atoms with E-state index in [9.17, 15) is 0 Å². The lowest BCUT2D eigenvalue weighted by molar-refractivity contribution is 1.06. The van der Waals surface area contributed by atoms with Crippen molar-refractivity contribution in [1.29, 1.82) is 0 Å². The maximum Gasteiger partial charge on any atom is 0.140 e. The van der Waals surface area contributed by atoms with Crippen LogP contribution in [0, 0.1) is 6.92 Å². The average molecular weight is 311 g/mol. The molecule has 90 valence electrons. The van der Waals surface area contributed by atoms with Gasteiger partial charge in [-0.05, 0) is 57.9 Å². The first-order chi connectivity index (χ1) is 8.22. The molecule has 0 bridgehead atoms. The highest BCUT2D eigenvalue weighted by Crippen LogP contribution is 2.25. The molecule has 2 aromatic rings. The predicted molar refractivity (Wildman–Crippen MR) is 77.7 cm³/mol. The van der Waals surface area contributed by atoms with Crippen LogP contribution >= 0.6 is 27.3 Å². The number of pyridine rings is 1. The molecule has 0 aliphatic carbocycles. The Balaban J connectivity index is 2.10. The number of hydrogen-bond donors (Lipinski definition) is 1. The molecule has 1 N–H and O–H groups in total. The number of thiophene rings is 1. The minimum Gasteiger partial charge on any atom is -0.364 e. The van der Waals surface area contributed by atoms with Crippen molar-refractivity contribution in [2.45, 2.75) is 26.8 Å². The summed E-state index contributed by atoms with van der Waals surface area (Å²) in [5, 5.41) is 5.53. The molecule has 0 aliphatic heterocycles. The molecular weight excluding hydrogens is 296 g/mol. The van der Waals surface area contributed by atoms with Crippen LogP contribution in [0.15, 0.2) is 28.2 Å². The summed E-state index contributed by atoms with van der Waals surface area (Å²) in [4.78, 5) is 5.73. The van der Waals surface area contributed by atoms with Crippen LogP contribution in [-0.4, -0.2) is 4.98 Å². The second-order valence-electron chi connectivity index (χ2n) is 3.87. The van der Waals surface area contributed by atoms with Gasteiger partial charge in [-0.25, -0.2) is 4.98 Å². The van der Waals surface area contributed by atoms with Gasteiger partial charge in [-0.15, -0.1) is 11.3 Å². The number of aryl methyl sites for hydroxylation is 2.